The first-order chi connectivity index (χ1) is 17.5. The predicted molar refractivity (Wildman–Crippen MR) is 140 cm³/mol. The lowest BCUT2D eigenvalue weighted by Gasteiger charge is -2.25. The van der Waals surface area contributed by atoms with Crippen LogP contribution in [0.15, 0.2) is 54.6 Å². The van der Waals surface area contributed by atoms with Crippen molar-refractivity contribution in [2.45, 2.75) is 64.2 Å². The van der Waals surface area contributed by atoms with E-state index in [1.807, 2.05) is 44.2 Å². The molecule has 8 N–H and O–H groups in total. The Balaban J connectivity index is 2.06. The molecule has 0 fully saturated rings. The second-order valence-corrected chi connectivity index (χ2v) is 9.55. The number of nitrogens with one attached hydrogen (secondary N) is 3. The summed E-state index contributed by atoms with van der Waals surface area (Å²) in [5.41, 5.74) is 13.0. The van der Waals surface area contributed by atoms with Gasteiger partial charge < -0.3 is 32.5 Å². The summed E-state index contributed by atoms with van der Waals surface area (Å²) in [5, 5.41) is 17.3. The summed E-state index contributed by atoms with van der Waals surface area (Å²) in [6, 6.07) is 11.6. The second kappa shape index (κ2) is 14.0. The number of primary amides is 1. The number of benzene rings is 2. The third kappa shape index (κ3) is 9.92. The zero-order valence-corrected chi connectivity index (χ0v) is 21.4. The Morgan fingerprint density at radius 3 is 1.89 bits per heavy atom. The molecule has 2 aromatic rings. The first-order valence-corrected chi connectivity index (χ1v) is 12.2. The molecule has 200 valence electrons. The Morgan fingerprint density at radius 1 is 0.757 bits per heavy atom. The van der Waals surface area contributed by atoms with Crippen LogP contribution in [0, 0.1) is 5.92 Å². The lowest BCUT2D eigenvalue weighted by atomic mass is 10.0. The number of hydrogen-bond donors (Lipinski definition) is 6. The van der Waals surface area contributed by atoms with E-state index >= 15 is 0 Å². The van der Waals surface area contributed by atoms with E-state index in [9.17, 15) is 24.3 Å². The van der Waals surface area contributed by atoms with Gasteiger partial charge in [-0.3, -0.25) is 19.2 Å². The van der Waals surface area contributed by atoms with Gasteiger partial charge in [-0.1, -0.05) is 56.3 Å². The number of hydrogen-bond acceptors (Lipinski definition) is 6. The quantitative estimate of drug-likeness (QED) is 0.228. The largest absolute Gasteiger partial charge is 0.508 e. The Bertz CT molecular complexity index is 1060. The Labute approximate surface area is 217 Å². The molecule has 4 atom stereocenters. The van der Waals surface area contributed by atoms with Gasteiger partial charge in [-0.2, -0.15) is 0 Å². The monoisotopic (exact) mass is 511 g/mol. The van der Waals surface area contributed by atoms with Gasteiger partial charge in [0.1, 0.15) is 23.9 Å². The molecule has 4 amide bonds. The van der Waals surface area contributed by atoms with Gasteiger partial charge in [-0.25, -0.2) is 0 Å². The highest BCUT2D eigenvalue weighted by atomic mass is 16.3. The molecule has 2 aromatic carbocycles. The van der Waals surface area contributed by atoms with Crippen molar-refractivity contribution < 1.29 is 24.3 Å². The molecule has 0 heterocycles. The van der Waals surface area contributed by atoms with Crippen molar-refractivity contribution in [2.24, 2.45) is 17.4 Å². The summed E-state index contributed by atoms with van der Waals surface area (Å²) in [4.78, 5) is 50.5. The van der Waals surface area contributed by atoms with Gasteiger partial charge in [0.15, 0.2) is 0 Å². The van der Waals surface area contributed by atoms with Crippen LogP contribution in [0.25, 0.3) is 0 Å². The van der Waals surface area contributed by atoms with Crippen LogP contribution in [0.3, 0.4) is 0 Å². The number of carbonyl (C=O) groups excluding carboxylic acids is 4. The number of nitrogens with two attached hydrogens (primary N) is 2. The highest BCUT2D eigenvalue weighted by Gasteiger charge is 2.28. The zero-order valence-electron chi connectivity index (χ0n) is 21.4. The molecule has 37 heavy (non-hydrogen) atoms. The van der Waals surface area contributed by atoms with Crippen molar-refractivity contribution in [3.63, 3.8) is 0 Å². The molecule has 0 aliphatic heterocycles. The minimum Gasteiger partial charge on any atom is -0.508 e. The average Bonchev–Trinajstić information content (AvgIpc) is 2.84. The smallest absolute Gasteiger partial charge is 0.243 e. The molecule has 0 saturated carbocycles. The minimum absolute atomic E-state index is 0.104. The lowest BCUT2D eigenvalue weighted by Crippen LogP contribution is -2.57. The van der Waals surface area contributed by atoms with E-state index in [0.717, 1.165) is 11.1 Å². The maximum Gasteiger partial charge on any atom is 0.243 e. The highest BCUT2D eigenvalue weighted by Crippen LogP contribution is 2.11. The van der Waals surface area contributed by atoms with Crippen molar-refractivity contribution >= 4 is 23.6 Å². The standard InChI is InChI=1S/C27H37N5O5/c1-16(2)13-22(24(29)34)31-27(37)23(15-18-7-5-4-6-8-18)32-25(35)17(3)30-26(36)21(28)14-19-9-11-20(33)12-10-19/h4-12,16-17,21-23,33H,13-15,28H2,1-3H3,(H2,29,34)(H,30,36)(H,31,37)(H,32,35)/t17-,21+,22+,23+/m1/s1. The maximum atomic E-state index is 13.1. The van der Waals surface area contributed by atoms with Crippen LogP contribution < -0.4 is 27.4 Å². The van der Waals surface area contributed by atoms with E-state index in [1.54, 1.807) is 12.1 Å². The van der Waals surface area contributed by atoms with Crippen molar-refractivity contribution in [3.05, 3.63) is 65.7 Å². The molecule has 0 unspecified atom stereocenters. The topological polar surface area (TPSA) is 177 Å². The fourth-order valence-corrected chi connectivity index (χ4v) is 3.71. The third-order valence-corrected chi connectivity index (χ3v) is 5.76. The molecule has 0 radical (unpaired) electrons. The number of phenolic OH excluding ortho intramolecular Hbond substituents is 1. The molecule has 0 bridgehead atoms. The number of carbonyl (C=O) groups is 4. The van der Waals surface area contributed by atoms with Gasteiger partial charge >= 0.3 is 0 Å². The molecule has 10 nitrogen and oxygen atoms in total. The summed E-state index contributed by atoms with van der Waals surface area (Å²) >= 11 is 0. The second-order valence-electron chi connectivity index (χ2n) is 9.55. The van der Waals surface area contributed by atoms with E-state index < -0.39 is 47.8 Å². The van der Waals surface area contributed by atoms with Gasteiger partial charge in [0.25, 0.3) is 0 Å². The minimum atomic E-state index is -1.01. The maximum absolute atomic E-state index is 13.1. The molecule has 0 aliphatic rings. The summed E-state index contributed by atoms with van der Waals surface area (Å²) < 4.78 is 0. The lowest BCUT2D eigenvalue weighted by molar-refractivity contribution is -0.133. The first kappa shape index (κ1) is 29.3. The average molecular weight is 512 g/mol. The van der Waals surface area contributed by atoms with Crippen LogP contribution in [0.5, 0.6) is 5.75 Å². The van der Waals surface area contributed by atoms with Gasteiger partial charge in [0, 0.05) is 6.42 Å². The molecule has 0 aliphatic carbocycles. The van der Waals surface area contributed by atoms with Crippen molar-refractivity contribution in [1.82, 2.24) is 16.0 Å². The summed E-state index contributed by atoms with van der Waals surface area (Å²) in [5.74, 6) is -2.11. The fraction of sp³-hybridized carbons (Fsp3) is 0.407. The first-order valence-electron chi connectivity index (χ1n) is 12.2. The SMILES string of the molecule is CC(C)C[C@H](NC(=O)[C@H](Cc1ccccc1)NC(=O)[C@@H](C)NC(=O)[C@@H](N)Cc1ccc(O)cc1)C(N)=O. The number of phenols is 1. The Morgan fingerprint density at radius 2 is 1.32 bits per heavy atom. The number of aromatic hydroxyl groups is 1. The molecule has 0 aromatic heterocycles. The highest BCUT2D eigenvalue weighted by molar-refractivity contribution is 5.94. The van der Waals surface area contributed by atoms with Crippen LogP contribution in [-0.2, 0) is 32.0 Å². The molecule has 0 spiro atoms. The van der Waals surface area contributed by atoms with E-state index in [2.05, 4.69) is 16.0 Å². The molecule has 10 heteroatoms. The van der Waals surface area contributed by atoms with Crippen molar-refractivity contribution in [3.8, 4) is 5.75 Å². The van der Waals surface area contributed by atoms with Crippen LogP contribution in [0.4, 0.5) is 0 Å². The van der Waals surface area contributed by atoms with Crippen LogP contribution >= 0.6 is 0 Å². The summed E-state index contributed by atoms with van der Waals surface area (Å²) in [6.07, 6.45) is 0.745. The summed E-state index contributed by atoms with van der Waals surface area (Å²) in [7, 11) is 0. The van der Waals surface area contributed by atoms with E-state index in [1.165, 1.54) is 19.1 Å². The number of amides is 4. The zero-order chi connectivity index (χ0) is 27.5. The van der Waals surface area contributed by atoms with Crippen molar-refractivity contribution in [2.75, 3.05) is 0 Å². The Hall–Kier alpha value is -3.92. The Kier molecular flexibility index (Phi) is 11.1. The van der Waals surface area contributed by atoms with E-state index in [4.69, 9.17) is 11.5 Å². The van der Waals surface area contributed by atoms with E-state index in [-0.39, 0.29) is 24.5 Å². The van der Waals surface area contributed by atoms with Gasteiger partial charge in [0.05, 0.1) is 6.04 Å². The molecule has 0 saturated heterocycles. The van der Waals surface area contributed by atoms with Gasteiger partial charge in [-0.15, -0.1) is 0 Å². The number of rotatable bonds is 13. The molecular weight excluding hydrogens is 474 g/mol. The predicted octanol–water partition coefficient (Wildman–Crippen LogP) is 0.510. The molecular formula is C27H37N5O5. The normalized spacial score (nSPS) is 14.2. The van der Waals surface area contributed by atoms with Crippen LogP contribution in [0.2, 0.25) is 0 Å². The molecule has 2 rings (SSSR count). The van der Waals surface area contributed by atoms with Crippen LogP contribution in [0.1, 0.15) is 38.3 Å². The van der Waals surface area contributed by atoms with Crippen LogP contribution in [-0.4, -0.2) is 52.9 Å². The van der Waals surface area contributed by atoms with Gasteiger partial charge in [-0.05, 0) is 48.9 Å². The van der Waals surface area contributed by atoms with E-state index in [0.29, 0.717) is 6.42 Å². The van der Waals surface area contributed by atoms with Gasteiger partial charge in [0.2, 0.25) is 23.6 Å². The van der Waals surface area contributed by atoms with Crippen molar-refractivity contribution in [1.29, 1.82) is 0 Å². The summed E-state index contributed by atoms with van der Waals surface area (Å²) in [6.45, 7) is 5.30. The fourth-order valence-electron chi connectivity index (χ4n) is 3.71. The third-order valence-electron chi connectivity index (χ3n) is 5.76.